The van der Waals surface area contributed by atoms with E-state index in [0.29, 0.717) is 25.9 Å². The van der Waals surface area contributed by atoms with Crippen LogP contribution >= 0.6 is 0 Å². The largest absolute Gasteiger partial charge is 0.376 e. The second-order valence-corrected chi connectivity index (χ2v) is 6.50. The van der Waals surface area contributed by atoms with E-state index in [-0.39, 0.29) is 17.9 Å². The fraction of sp³-hybridized carbons (Fsp3) is 0.875. The molecule has 0 aromatic rings. The Morgan fingerprint density at radius 3 is 2.33 bits per heavy atom. The van der Waals surface area contributed by atoms with Gasteiger partial charge in [0.1, 0.15) is 11.6 Å². The van der Waals surface area contributed by atoms with E-state index in [2.05, 4.69) is 12.2 Å². The molecule has 0 saturated carbocycles. The van der Waals surface area contributed by atoms with Gasteiger partial charge in [-0.25, -0.2) is 0 Å². The summed E-state index contributed by atoms with van der Waals surface area (Å²) in [5, 5.41) is 2.99. The van der Waals surface area contributed by atoms with Crippen LogP contribution < -0.4 is 5.32 Å². The molecular formula is C16H28N2O3. The zero-order chi connectivity index (χ0) is 15.8. The van der Waals surface area contributed by atoms with Gasteiger partial charge in [0.05, 0.1) is 11.6 Å². The minimum absolute atomic E-state index is 0.0267. The molecule has 2 saturated heterocycles. The molecule has 2 fully saturated rings. The van der Waals surface area contributed by atoms with E-state index in [1.165, 1.54) is 0 Å². The molecule has 1 N–H and O–H groups in total. The van der Waals surface area contributed by atoms with Crippen LogP contribution in [0.15, 0.2) is 0 Å². The number of carbonyl (C=O) groups is 2. The van der Waals surface area contributed by atoms with Gasteiger partial charge in [0.15, 0.2) is 0 Å². The normalized spacial score (nSPS) is 36.0. The van der Waals surface area contributed by atoms with Crippen molar-refractivity contribution in [1.82, 2.24) is 10.2 Å². The molecular weight excluding hydrogens is 268 g/mol. The monoisotopic (exact) mass is 296 g/mol. The number of amides is 2. The van der Waals surface area contributed by atoms with Crippen LogP contribution in [0.5, 0.6) is 0 Å². The molecule has 2 aliphatic heterocycles. The molecule has 0 aromatic heterocycles. The Morgan fingerprint density at radius 1 is 1.29 bits per heavy atom. The van der Waals surface area contributed by atoms with E-state index in [1.807, 2.05) is 32.6 Å². The summed E-state index contributed by atoms with van der Waals surface area (Å²) in [6, 6.07) is -0.391. The maximum atomic E-state index is 13.2. The maximum absolute atomic E-state index is 13.2. The van der Waals surface area contributed by atoms with E-state index < -0.39 is 17.1 Å². The molecule has 120 valence electrons. The van der Waals surface area contributed by atoms with E-state index in [0.717, 1.165) is 6.42 Å². The van der Waals surface area contributed by atoms with Gasteiger partial charge < -0.3 is 15.0 Å². The van der Waals surface area contributed by atoms with Gasteiger partial charge in [-0.1, -0.05) is 20.8 Å². The van der Waals surface area contributed by atoms with E-state index in [9.17, 15) is 9.59 Å². The zero-order valence-electron chi connectivity index (χ0n) is 13.9. The van der Waals surface area contributed by atoms with Crippen LogP contribution in [0.2, 0.25) is 0 Å². The molecule has 3 unspecified atom stereocenters. The molecule has 2 amide bonds. The van der Waals surface area contributed by atoms with Crippen molar-refractivity contribution in [3.05, 3.63) is 0 Å². The average Bonchev–Trinajstić information content (AvgIpc) is 2.81. The Kier molecular flexibility index (Phi) is 4.34. The van der Waals surface area contributed by atoms with E-state index >= 15 is 0 Å². The predicted octanol–water partition coefficient (Wildman–Crippen LogP) is 1.85. The number of nitrogens with one attached hydrogen (secondary N) is 1. The van der Waals surface area contributed by atoms with Gasteiger partial charge in [-0.15, -0.1) is 0 Å². The zero-order valence-corrected chi connectivity index (χ0v) is 13.9. The Bertz CT molecular complexity index is 433. The van der Waals surface area contributed by atoms with Crippen LogP contribution in [0.25, 0.3) is 0 Å². The lowest BCUT2D eigenvalue weighted by atomic mass is 9.81. The van der Waals surface area contributed by atoms with Crippen LogP contribution in [-0.4, -0.2) is 46.5 Å². The third kappa shape index (κ3) is 2.26. The SMILES string of the molecule is CCC1C(=O)NC(CC)(CC)C(=O)N1C1(C)CCOC1C. The summed E-state index contributed by atoms with van der Waals surface area (Å²) in [5.74, 6) is 0.0277. The molecule has 0 bridgehead atoms. The van der Waals surface area contributed by atoms with Crippen LogP contribution in [0.4, 0.5) is 0 Å². The number of hydrogen-bond acceptors (Lipinski definition) is 3. The highest BCUT2D eigenvalue weighted by Crippen LogP contribution is 2.38. The van der Waals surface area contributed by atoms with Crippen molar-refractivity contribution in [2.24, 2.45) is 0 Å². The van der Waals surface area contributed by atoms with Crippen LogP contribution in [-0.2, 0) is 14.3 Å². The van der Waals surface area contributed by atoms with Gasteiger partial charge >= 0.3 is 0 Å². The molecule has 5 nitrogen and oxygen atoms in total. The van der Waals surface area contributed by atoms with E-state index in [1.54, 1.807) is 0 Å². The first kappa shape index (κ1) is 16.3. The number of ether oxygens (including phenoxy) is 1. The summed E-state index contributed by atoms with van der Waals surface area (Å²) in [6.07, 6.45) is 2.60. The Balaban J connectivity index is 2.47. The van der Waals surface area contributed by atoms with Gasteiger partial charge in [0.25, 0.3) is 0 Å². The quantitative estimate of drug-likeness (QED) is 0.861. The molecule has 0 aromatic carbocycles. The van der Waals surface area contributed by atoms with Crippen LogP contribution in [0, 0.1) is 0 Å². The standard InChI is InChI=1S/C16H28N2O3/c1-6-12-13(19)17-16(7-2,8-3)14(20)18(12)15(5)9-10-21-11(15)4/h11-12H,6-10H2,1-5H3,(H,17,19). The second-order valence-electron chi connectivity index (χ2n) is 6.50. The van der Waals surface area contributed by atoms with Gasteiger partial charge in [-0.3, -0.25) is 9.59 Å². The summed E-state index contributed by atoms with van der Waals surface area (Å²) in [4.78, 5) is 27.6. The molecule has 2 rings (SSSR count). The smallest absolute Gasteiger partial charge is 0.249 e. The van der Waals surface area contributed by atoms with E-state index in [4.69, 9.17) is 4.74 Å². The molecule has 5 heteroatoms. The van der Waals surface area contributed by atoms with Gasteiger partial charge in [0, 0.05) is 6.61 Å². The highest BCUT2D eigenvalue weighted by atomic mass is 16.5. The third-order valence-electron chi connectivity index (χ3n) is 5.60. The summed E-state index contributed by atoms with van der Waals surface area (Å²) in [6.45, 7) is 10.6. The Morgan fingerprint density at radius 2 is 1.90 bits per heavy atom. The van der Waals surface area contributed by atoms with Crippen molar-refractivity contribution in [2.45, 2.75) is 83.5 Å². The third-order valence-corrected chi connectivity index (χ3v) is 5.60. The molecule has 0 radical (unpaired) electrons. The first-order chi connectivity index (χ1) is 9.86. The highest BCUT2D eigenvalue weighted by Gasteiger charge is 2.56. The molecule has 2 aliphatic rings. The number of piperazine rings is 1. The lowest BCUT2D eigenvalue weighted by molar-refractivity contribution is -0.165. The van der Waals surface area contributed by atoms with Gasteiger partial charge in [0.2, 0.25) is 11.8 Å². The first-order valence-corrected chi connectivity index (χ1v) is 8.13. The van der Waals surface area contributed by atoms with Crippen molar-refractivity contribution in [2.75, 3.05) is 6.61 Å². The lowest BCUT2D eigenvalue weighted by Gasteiger charge is -2.52. The number of nitrogens with zero attached hydrogens (tertiary/aromatic N) is 1. The predicted molar refractivity (Wildman–Crippen MR) is 80.8 cm³/mol. The summed E-state index contributed by atoms with van der Waals surface area (Å²) in [7, 11) is 0. The van der Waals surface area contributed by atoms with Crippen molar-refractivity contribution in [3.8, 4) is 0 Å². The van der Waals surface area contributed by atoms with Crippen molar-refractivity contribution >= 4 is 11.8 Å². The summed E-state index contributed by atoms with van der Waals surface area (Å²) < 4.78 is 5.71. The molecule has 2 heterocycles. The Hall–Kier alpha value is -1.10. The molecule has 0 spiro atoms. The summed E-state index contributed by atoms with van der Waals surface area (Å²) in [5.41, 5.74) is -1.15. The molecule has 0 aliphatic carbocycles. The van der Waals surface area contributed by atoms with Crippen LogP contribution in [0.3, 0.4) is 0 Å². The topological polar surface area (TPSA) is 58.6 Å². The average molecular weight is 296 g/mol. The van der Waals surface area contributed by atoms with Crippen molar-refractivity contribution in [3.63, 3.8) is 0 Å². The fourth-order valence-corrected chi connectivity index (χ4v) is 3.69. The van der Waals surface area contributed by atoms with Crippen LogP contribution in [0.1, 0.15) is 60.3 Å². The van der Waals surface area contributed by atoms with Gasteiger partial charge in [-0.05, 0) is 39.5 Å². The lowest BCUT2D eigenvalue weighted by Crippen LogP contribution is -2.75. The maximum Gasteiger partial charge on any atom is 0.249 e. The fourth-order valence-electron chi connectivity index (χ4n) is 3.69. The minimum Gasteiger partial charge on any atom is -0.376 e. The van der Waals surface area contributed by atoms with Crippen molar-refractivity contribution in [1.29, 1.82) is 0 Å². The Labute approximate surface area is 127 Å². The van der Waals surface area contributed by atoms with Gasteiger partial charge in [-0.2, -0.15) is 0 Å². The number of hydrogen-bond donors (Lipinski definition) is 1. The first-order valence-electron chi connectivity index (χ1n) is 8.13. The minimum atomic E-state index is -0.756. The molecule has 21 heavy (non-hydrogen) atoms. The number of rotatable bonds is 4. The summed E-state index contributed by atoms with van der Waals surface area (Å²) >= 11 is 0. The number of carbonyl (C=O) groups excluding carboxylic acids is 2. The highest BCUT2D eigenvalue weighted by molar-refractivity contribution is 6.00. The second kappa shape index (κ2) is 5.59. The molecule has 3 atom stereocenters. The van der Waals surface area contributed by atoms with Crippen molar-refractivity contribution < 1.29 is 14.3 Å².